The van der Waals surface area contributed by atoms with E-state index in [2.05, 4.69) is 5.32 Å². The molecule has 0 radical (unpaired) electrons. The highest BCUT2D eigenvalue weighted by Gasteiger charge is 2.32. The lowest BCUT2D eigenvalue weighted by Gasteiger charge is -2.41. The summed E-state index contributed by atoms with van der Waals surface area (Å²) in [5.41, 5.74) is 0.598. The first-order valence-corrected chi connectivity index (χ1v) is 8.35. The van der Waals surface area contributed by atoms with E-state index in [1.165, 1.54) is 25.7 Å². The predicted molar refractivity (Wildman–Crippen MR) is 85.4 cm³/mol. The monoisotopic (exact) mass is 300 g/mol. The zero-order valence-electron chi connectivity index (χ0n) is 13.0. The topological polar surface area (TPSA) is 49.4 Å². The van der Waals surface area contributed by atoms with Crippen LogP contribution in [0.25, 0.3) is 0 Å². The quantitative estimate of drug-likeness (QED) is 0.932. The maximum absolute atomic E-state index is 12.3. The highest BCUT2D eigenvalue weighted by Crippen LogP contribution is 2.35. The lowest BCUT2D eigenvalue weighted by molar-refractivity contribution is -0.133. The van der Waals surface area contributed by atoms with Gasteiger partial charge in [-0.1, -0.05) is 37.5 Å². The van der Waals surface area contributed by atoms with E-state index < -0.39 is 0 Å². The highest BCUT2D eigenvalue weighted by atomic mass is 16.2. The molecular formula is C18H24N2O2. The Morgan fingerprint density at radius 1 is 1.05 bits per heavy atom. The molecule has 0 spiro atoms. The van der Waals surface area contributed by atoms with Crippen molar-refractivity contribution in [3.8, 4) is 0 Å². The minimum atomic E-state index is -0.179. The Hall–Kier alpha value is -1.84. The zero-order valence-corrected chi connectivity index (χ0v) is 13.0. The summed E-state index contributed by atoms with van der Waals surface area (Å²) in [6.45, 7) is 1.83. The van der Waals surface area contributed by atoms with Gasteiger partial charge < -0.3 is 10.2 Å². The first kappa shape index (κ1) is 15.1. The number of nitrogens with one attached hydrogen (secondary N) is 1. The molecule has 2 aliphatic rings. The van der Waals surface area contributed by atoms with E-state index in [4.69, 9.17) is 0 Å². The molecule has 2 amide bonds. The van der Waals surface area contributed by atoms with Crippen LogP contribution in [0.5, 0.6) is 0 Å². The van der Waals surface area contributed by atoms with Crippen LogP contribution in [0, 0.1) is 11.8 Å². The summed E-state index contributed by atoms with van der Waals surface area (Å²) >= 11 is 0. The van der Waals surface area contributed by atoms with Gasteiger partial charge in [0.05, 0.1) is 6.54 Å². The second-order valence-corrected chi connectivity index (χ2v) is 6.48. The molecule has 3 rings (SSSR count). The van der Waals surface area contributed by atoms with Crippen molar-refractivity contribution in [2.45, 2.75) is 32.1 Å². The number of benzene rings is 1. The summed E-state index contributed by atoms with van der Waals surface area (Å²) in [6.07, 6.45) is 6.36. The number of hydrogen-bond acceptors (Lipinski definition) is 2. The molecule has 1 aliphatic heterocycles. The molecule has 1 saturated carbocycles. The van der Waals surface area contributed by atoms with Crippen LogP contribution in [0.15, 0.2) is 30.3 Å². The SMILES string of the molecule is O=C(NCC(=O)N1CC[C@@H]2CCCC[C@@H]2C1)c1ccccc1. The Balaban J connectivity index is 1.49. The van der Waals surface area contributed by atoms with Crippen LogP contribution < -0.4 is 5.32 Å². The zero-order chi connectivity index (χ0) is 15.4. The Kier molecular flexibility index (Phi) is 4.76. The molecule has 1 aromatic rings. The first-order valence-electron chi connectivity index (χ1n) is 8.35. The standard InChI is InChI=1S/C18H24N2O2/c21-17(12-19-18(22)15-7-2-1-3-8-15)20-11-10-14-6-4-5-9-16(14)13-20/h1-3,7-8,14,16H,4-6,9-13H2,(H,19,22)/t14-,16+/m0/s1. The smallest absolute Gasteiger partial charge is 0.251 e. The fraction of sp³-hybridized carbons (Fsp3) is 0.556. The number of piperidine rings is 1. The molecule has 4 nitrogen and oxygen atoms in total. The number of amides is 2. The molecule has 22 heavy (non-hydrogen) atoms. The molecule has 0 aromatic heterocycles. The normalized spacial score (nSPS) is 24.5. The Labute approximate surface area is 131 Å². The maximum Gasteiger partial charge on any atom is 0.251 e. The van der Waals surface area contributed by atoms with Crippen LogP contribution in [0.3, 0.4) is 0 Å². The van der Waals surface area contributed by atoms with E-state index in [-0.39, 0.29) is 18.4 Å². The summed E-state index contributed by atoms with van der Waals surface area (Å²) in [7, 11) is 0. The van der Waals surface area contributed by atoms with Crippen molar-refractivity contribution in [3.63, 3.8) is 0 Å². The molecule has 1 aromatic carbocycles. The van der Waals surface area contributed by atoms with E-state index in [1.54, 1.807) is 12.1 Å². The van der Waals surface area contributed by atoms with E-state index in [9.17, 15) is 9.59 Å². The Morgan fingerprint density at radius 3 is 2.55 bits per heavy atom. The van der Waals surface area contributed by atoms with Gasteiger partial charge in [0.25, 0.3) is 5.91 Å². The predicted octanol–water partition coefficient (Wildman–Crippen LogP) is 2.46. The van der Waals surface area contributed by atoms with Crippen LogP contribution >= 0.6 is 0 Å². The number of carbonyl (C=O) groups is 2. The van der Waals surface area contributed by atoms with Gasteiger partial charge in [-0.2, -0.15) is 0 Å². The molecule has 118 valence electrons. The minimum absolute atomic E-state index is 0.0494. The van der Waals surface area contributed by atoms with Crippen molar-refractivity contribution in [1.29, 1.82) is 0 Å². The lowest BCUT2D eigenvalue weighted by atomic mass is 9.75. The molecular weight excluding hydrogens is 276 g/mol. The highest BCUT2D eigenvalue weighted by molar-refractivity contribution is 5.96. The van der Waals surface area contributed by atoms with Gasteiger partial charge in [0.2, 0.25) is 5.91 Å². The third-order valence-electron chi connectivity index (χ3n) is 5.08. The van der Waals surface area contributed by atoms with Gasteiger partial charge in [-0.05, 0) is 36.8 Å². The van der Waals surface area contributed by atoms with Crippen LogP contribution in [0.2, 0.25) is 0 Å². The van der Waals surface area contributed by atoms with E-state index in [1.807, 2.05) is 23.1 Å². The summed E-state index contributed by atoms with van der Waals surface area (Å²) in [5, 5.41) is 2.74. The summed E-state index contributed by atoms with van der Waals surface area (Å²) in [6, 6.07) is 9.03. The lowest BCUT2D eigenvalue weighted by Crippen LogP contribution is -2.48. The van der Waals surface area contributed by atoms with Crippen LogP contribution in [-0.2, 0) is 4.79 Å². The van der Waals surface area contributed by atoms with E-state index >= 15 is 0 Å². The molecule has 0 bridgehead atoms. The number of fused-ring (bicyclic) bond motifs is 1. The van der Waals surface area contributed by atoms with Crippen LogP contribution in [0.4, 0.5) is 0 Å². The molecule has 4 heteroatoms. The van der Waals surface area contributed by atoms with Gasteiger partial charge in [-0.15, -0.1) is 0 Å². The number of likely N-dealkylation sites (tertiary alicyclic amines) is 1. The fourth-order valence-corrected chi connectivity index (χ4v) is 3.79. The van der Waals surface area contributed by atoms with E-state index in [0.29, 0.717) is 11.5 Å². The van der Waals surface area contributed by atoms with Gasteiger partial charge in [-0.3, -0.25) is 9.59 Å². The molecule has 1 saturated heterocycles. The van der Waals surface area contributed by atoms with E-state index in [0.717, 1.165) is 25.4 Å². The third-order valence-corrected chi connectivity index (χ3v) is 5.08. The molecule has 0 unspecified atom stereocenters. The number of rotatable bonds is 3. The van der Waals surface area contributed by atoms with Gasteiger partial charge in [-0.25, -0.2) is 0 Å². The van der Waals surface area contributed by atoms with Crippen molar-refractivity contribution in [2.24, 2.45) is 11.8 Å². The molecule has 2 atom stereocenters. The second-order valence-electron chi connectivity index (χ2n) is 6.48. The molecule has 1 aliphatic carbocycles. The third kappa shape index (κ3) is 3.49. The van der Waals surface area contributed by atoms with Crippen molar-refractivity contribution < 1.29 is 9.59 Å². The van der Waals surface area contributed by atoms with Crippen molar-refractivity contribution in [3.05, 3.63) is 35.9 Å². The van der Waals surface area contributed by atoms with Gasteiger partial charge in [0.15, 0.2) is 0 Å². The largest absolute Gasteiger partial charge is 0.343 e. The number of nitrogens with zero attached hydrogens (tertiary/aromatic N) is 1. The number of carbonyl (C=O) groups excluding carboxylic acids is 2. The van der Waals surface area contributed by atoms with Crippen molar-refractivity contribution in [1.82, 2.24) is 10.2 Å². The molecule has 1 N–H and O–H groups in total. The summed E-state index contributed by atoms with van der Waals surface area (Å²) in [4.78, 5) is 26.2. The average Bonchev–Trinajstić information content (AvgIpc) is 2.59. The van der Waals surface area contributed by atoms with Gasteiger partial charge >= 0.3 is 0 Å². The van der Waals surface area contributed by atoms with Gasteiger partial charge in [0.1, 0.15) is 0 Å². The first-order chi connectivity index (χ1) is 10.7. The summed E-state index contributed by atoms with van der Waals surface area (Å²) < 4.78 is 0. The summed E-state index contributed by atoms with van der Waals surface area (Å²) in [5.74, 6) is 1.36. The number of hydrogen-bond donors (Lipinski definition) is 1. The maximum atomic E-state index is 12.3. The molecule has 2 fully saturated rings. The molecule has 1 heterocycles. The van der Waals surface area contributed by atoms with Gasteiger partial charge in [0, 0.05) is 18.7 Å². The van der Waals surface area contributed by atoms with Crippen LogP contribution in [-0.4, -0.2) is 36.3 Å². The Bertz CT molecular complexity index is 529. The van der Waals surface area contributed by atoms with Crippen molar-refractivity contribution in [2.75, 3.05) is 19.6 Å². The average molecular weight is 300 g/mol. The second kappa shape index (κ2) is 6.95. The fourth-order valence-electron chi connectivity index (χ4n) is 3.79. The Morgan fingerprint density at radius 2 is 1.77 bits per heavy atom. The minimum Gasteiger partial charge on any atom is -0.343 e. The van der Waals surface area contributed by atoms with Crippen molar-refractivity contribution >= 4 is 11.8 Å². The van der Waals surface area contributed by atoms with Crippen LogP contribution in [0.1, 0.15) is 42.5 Å².